The third-order valence-electron chi connectivity index (χ3n) is 5.05. The van der Waals surface area contributed by atoms with E-state index in [0.29, 0.717) is 11.5 Å². The van der Waals surface area contributed by atoms with Gasteiger partial charge in [-0.05, 0) is 69.5 Å². The van der Waals surface area contributed by atoms with Gasteiger partial charge in [0.05, 0.1) is 13.2 Å². The first kappa shape index (κ1) is 22.4. The summed E-state index contributed by atoms with van der Waals surface area (Å²) in [6, 6.07) is 13.2. The number of hydrogen-bond donors (Lipinski definition) is 0. The smallest absolute Gasteiger partial charge is 0.331 e. The number of amides is 1. The van der Waals surface area contributed by atoms with Gasteiger partial charge >= 0.3 is 5.97 Å². The van der Waals surface area contributed by atoms with Crippen molar-refractivity contribution in [1.82, 2.24) is 0 Å². The number of esters is 1. The van der Waals surface area contributed by atoms with Gasteiger partial charge < -0.3 is 19.1 Å². The number of rotatable bonds is 7. The molecule has 3 rings (SSSR count). The Morgan fingerprint density at radius 3 is 2.55 bits per heavy atom. The van der Waals surface area contributed by atoms with Crippen molar-refractivity contribution in [3.05, 3.63) is 59.7 Å². The first-order valence-corrected chi connectivity index (χ1v) is 10.4. The van der Waals surface area contributed by atoms with Gasteiger partial charge in [0.1, 0.15) is 0 Å². The summed E-state index contributed by atoms with van der Waals surface area (Å²) in [5.41, 5.74) is 2.76. The minimum Gasteiger partial charge on any atom is -0.493 e. The van der Waals surface area contributed by atoms with E-state index in [2.05, 4.69) is 0 Å². The van der Waals surface area contributed by atoms with Crippen molar-refractivity contribution >= 4 is 23.6 Å². The molecule has 1 heterocycles. The van der Waals surface area contributed by atoms with E-state index in [0.717, 1.165) is 23.2 Å². The molecule has 0 unspecified atom stereocenters. The van der Waals surface area contributed by atoms with Crippen LogP contribution in [-0.4, -0.2) is 37.2 Å². The molecule has 0 N–H and O–H groups in total. The van der Waals surface area contributed by atoms with Crippen molar-refractivity contribution in [2.24, 2.45) is 0 Å². The zero-order valence-electron chi connectivity index (χ0n) is 18.6. The number of ether oxygens (including phenoxy) is 3. The van der Waals surface area contributed by atoms with Gasteiger partial charge in [-0.1, -0.05) is 24.3 Å². The molecule has 1 amide bonds. The molecule has 0 saturated heterocycles. The van der Waals surface area contributed by atoms with Crippen LogP contribution in [0.4, 0.5) is 5.69 Å². The first-order valence-electron chi connectivity index (χ1n) is 10.4. The molecule has 0 bridgehead atoms. The van der Waals surface area contributed by atoms with E-state index in [1.54, 1.807) is 37.1 Å². The van der Waals surface area contributed by atoms with Gasteiger partial charge in [-0.25, -0.2) is 4.79 Å². The van der Waals surface area contributed by atoms with Crippen molar-refractivity contribution in [2.45, 2.75) is 52.4 Å². The molecule has 2 aromatic carbocycles. The standard InChI is InChI=1S/C25H29NO5/c1-16(2)30-22-12-10-19(15-23(22)29-5)11-13-24(27)31-18(4)25(28)26-17(3)14-20-8-6-7-9-21(20)26/h6-13,15-18H,14H2,1-5H3/b13-11+/t17-,18+/m0/s1. The first-order chi connectivity index (χ1) is 14.8. The highest BCUT2D eigenvalue weighted by Crippen LogP contribution is 2.32. The summed E-state index contributed by atoms with van der Waals surface area (Å²) in [6.45, 7) is 7.47. The van der Waals surface area contributed by atoms with Crippen LogP contribution in [-0.2, 0) is 20.7 Å². The molecule has 0 fully saturated rings. The van der Waals surface area contributed by atoms with Crippen molar-refractivity contribution < 1.29 is 23.8 Å². The fraction of sp³-hybridized carbons (Fsp3) is 0.360. The number of nitrogens with zero attached hydrogens (tertiary/aromatic N) is 1. The number of carbonyl (C=O) groups excluding carboxylic acids is 2. The molecule has 6 heteroatoms. The van der Waals surface area contributed by atoms with Crippen LogP contribution >= 0.6 is 0 Å². The Hall–Kier alpha value is -3.28. The second-order valence-electron chi connectivity index (χ2n) is 7.88. The van der Waals surface area contributed by atoms with Crippen molar-refractivity contribution in [1.29, 1.82) is 0 Å². The van der Waals surface area contributed by atoms with Crippen LogP contribution in [0.25, 0.3) is 6.08 Å². The largest absolute Gasteiger partial charge is 0.493 e. The number of fused-ring (bicyclic) bond motifs is 1. The van der Waals surface area contributed by atoms with Crippen molar-refractivity contribution in [3.8, 4) is 11.5 Å². The SMILES string of the molecule is COc1cc(/C=C/C(=O)O[C@H](C)C(=O)N2c3ccccc3C[C@@H]2C)ccc1OC(C)C. The maximum Gasteiger partial charge on any atom is 0.331 e. The summed E-state index contributed by atoms with van der Waals surface area (Å²) in [5.74, 6) is 0.407. The molecular formula is C25H29NO5. The molecule has 1 aliphatic rings. The Bertz CT molecular complexity index is 982. The number of anilines is 1. The Balaban J connectivity index is 1.64. The molecular weight excluding hydrogens is 394 g/mol. The van der Waals surface area contributed by atoms with Gasteiger partial charge in [0.2, 0.25) is 0 Å². The highest BCUT2D eigenvalue weighted by atomic mass is 16.5. The van der Waals surface area contributed by atoms with Gasteiger partial charge in [0, 0.05) is 17.8 Å². The van der Waals surface area contributed by atoms with Gasteiger partial charge in [0.15, 0.2) is 17.6 Å². The second kappa shape index (κ2) is 9.69. The topological polar surface area (TPSA) is 65.1 Å². The monoisotopic (exact) mass is 423 g/mol. The third-order valence-corrected chi connectivity index (χ3v) is 5.05. The summed E-state index contributed by atoms with van der Waals surface area (Å²) in [7, 11) is 1.56. The summed E-state index contributed by atoms with van der Waals surface area (Å²) < 4.78 is 16.4. The lowest BCUT2D eigenvalue weighted by Crippen LogP contribution is -2.43. The number of methoxy groups -OCH3 is 1. The van der Waals surface area contributed by atoms with Gasteiger partial charge in [0.25, 0.3) is 5.91 Å². The lowest BCUT2D eigenvalue weighted by molar-refractivity contribution is -0.149. The fourth-order valence-electron chi connectivity index (χ4n) is 3.66. The maximum atomic E-state index is 12.9. The normalized spacial score (nSPS) is 16.3. The number of para-hydroxylation sites is 1. The van der Waals surface area contributed by atoms with Crippen LogP contribution in [0.3, 0.4) is 0 Å². The van der Waals surface area contributed by atoms with E-state index in [4.69, 9.17) is 14.2 Å². The minimum absolute atomic E-state index is 0.0228. The zero-order chi connectivity index (χ0) is 22.5. The summed E-state index contributed by atoms with van der Waals surface area (Å²) >= 11 is 0. The average molecular weight is 424 g/mol. The molecule has 6 nitrogen and oxygen atoms in total. The summed E-state index contributed by atoms with van der Waals surface area (Å²) in [5, 5.41) is 0. The second-order valence-corrected chi connectivity index (χ2v) is 7.88. The molecule has 1 aliphatic heterocycles. The lowest BCUT2D eigenvalue weighted by atomic mass is 10.1. The van der Waals surface area contributed by atoms with E-state index < -0.39 is 12.1 Å². The minimum atomic E-state index is -0.887. The van der Waals surface area contributed by atoms with E-state index in [1.807, 2.05) is 51.1 Å². The van der Waals surface area contributed by atoms with Crippen molar-refractivity contribution in [2.75, 3.05) is 12.0 Å². The third kappa shape index (κ3) is 5.26. The van der Waals surface area contributed by atoms with Crippen LogP contribution in [0.5, 0.6) is 11.5 Å². The van der Waals surface area contributed by atoms with Crippen LogP contribution in [0.1, 0.15) is 38.8 Å². The molecule has 0 aliphatic carbocycles. The van der Waals surface area contributed by atoms with E-state index in [1.165, 1.54) is 6.08 Å². The summed E-state index contributed by atoms with van der Waals surface area (Å²) in [4.78, 5) is 27.0. The van der Waals surface area contributed by atoms with Crippen LogP contribution < -0.4 is 14.4 Å². The van der Waals surface area contributed by atoms with E-state index in [9.17, 15) is 9.59 Å². The quantitative estimate of drug-likeness (QED) is 0.488. The molecule has 164 valence electrons. The van der Waals surface area contributed by atoms with Crippen LogP contribution in [0, 0.1) is 0 Å². The highest BCUT2D eigenvalue weighted by Gasteiger charge is 2.34. The Labute approximate surface area is 183 Å². The Morgan fingerprint density at radius 1 is 1.10 bits per heavy atom. The number of hydrogen-bond acceptors (Lipinski definition) is 5. The number of benzene rings is 2. The maximum absolute atomic E-state index is 12.9. The fourth-order valence-corrected chi connectivity index (χ4v) is 3.66. The van der Waals surface area contributed by atoms with Gasteiger partial charge in [-0.3, -0.25) is 4.79 Å². The van der Waals surface area contributed by atoms with Crippen LogP contribution in [0.15, 0.2) is 48.5 Å². The van der Waals surface area contributed by atoms with Gasteiger partial charge in [-0.15, -0.1) is 0 Å². The van der Waals surface area contributed by atoms with Crippen LogP contribution in [0.2, 0.25) is 0 Å². The van der Waals surface area contributed by atoms with Gasteiger partial charge in [-0.2, -0.15) is 0 Å². The molecule has 0 radical (unpaired) electrons. The molecule has 0 aromatic heterocycles. The zero-order valence-corrected chi connectivity index (χ0v) is 18.6. The molecule has 0 spiro atoms. The molecule has 2 atom stereocenters. The summed E-state index contributed by atoms with van der Waals surface area (Å²) in [6.07, 6.45) is 2.86. The van der Waals surface area contributed by atoms with E-state index >= 15 is 0 Å². The Morgan fingerprint density at radius 2 is 1.84 bits per heavy atom. The highest BCUT2D eigenvalue weighted by molar-refractivity contribution is 6.00. The van der Waals surface area contributed by atoms with Crippen molar-refractivity contribution in [3.63, 3.8) is 0 Å². The average Bonchev–Trinajstić information content (AvgIpc) is 3.07. The Kier molecular flexibility index (Phi) is 7.00. The van der Waals surface area contributed by atoms with E-state index in [-0.39, 0.29) is 18.1 Å². The molecule has 0 saturated carbocycles. The molecule has 31 heavy (non-hydrogen) atoms. The lowest BCUT2D eigenvalue weighted by Gasteiger charge is -2.25. The predicted octanol–water partition coefficient (Wildman–Crippen LogP) is 4.41. The molecule has 2 aromatic rings. The number of carbonyl (C=O) groups is 2. The predicted molar refractivity (Wildman–Crippen MR) is 120 cm³/mol.